The summed E-state index contributed by atoms with van der Waals surface area (Å²) in [6.45, 7) is 4.58. The van der Waals surface area contributed by atoms with E-state index in [1.807, 2.05) is 42.2 Å². The van der Waals surface area contributed by atoms with Gasteiger partial charge in [-0.15, -0.1) is 0 Å². The van der Waals surface area contributed by atoms with Crippen LogP contribution in [0.4, 0.5) is 11.6 Å². The number of sulfone groups is 1. The van der Waals surface area contributed by atoms with Crippen LogP contribution < -0.4 is 9.80 Å². The minimum atomic E-state index is -3.90. The van der Waals surface area contributed by atoms with Crippen molar-refractivity contribution in [2.24, 2.45) is 0 Å². The maximum absolute atomic E-state index is 13.6. The Balaban J connectivity index is 1.53. The van der Waals surface area contributed by atoms with Crippen molar-refractivity contribution in [3.63, 3.8) is 0 Å². The third-order valence-electron chi connectivity index (χ3n) is 5.96. The molecule has 8 heteroatoms. The van der Waals surface area contributed by atoms with Crippen LogP contribution in [-0.4, -0.2) is 39.6 Å². The monoisotopic (exact) mass is 493 g/mol. The largest absolute Gasteiger partial charge is 0.419 e. The molecule has 0 atom stereocenters. The van der Waals surface area contributed by atoms with E-state index in [-0.39, 0.29) is 21.7 Å². The predicted molar refractivity (Wildman–Crippen MR) is 134 cm³/mol. The lowest BCUT2D eigenvalue weighted by Crippen LogP contribution is -2.46. The maximum Gasteiger partial charge on any atom is 0.236 e. The van der Waals surface area contributed by atoms with Gasteiger partial charge in [-0.05, 0) is 43.3 Å². The summed E-state index contributed by atoms with van der Waals surface area (Å²) in [5.41, 5.74) is 2.68. The number of hydrogen-bond acceptors (Lipinski definition) is 6. The van der Waals surface area contributed by atoms with E-state index in [1.54, 1.807) is 36.4 Å². The van der Waals surface area contributed by atoms with Gasteiger partial charge in [-0.25, -0.2) is 8.42 Å². The first-order chi connectivity index (χ1) is 16.4. The summed E-state index contributed by atoms with van der Waals surface area (Å²) in [5, 5.41) is 0.364. The van der Waals surface area contributed by atoms with Crippen LogP contribution in [0.3, 0.4) is 0 Å². The van der Waals surface area contributed by atoms with Gasteiger partial charge in [-0.1, -0.05) is 59.6 Å². The lowest BCUT2D eigenvalue weighted by atomic mass is 10.2. The standard InChI is InChI=1S/C26H24ClN3O3S/c1-19-11-13-21(14-12-19)34(31,32)25-26(33-24(28-25)22-9-5-6-10-23(22)27)30-17-15-29(16-18-30)20-7-3-2-4-8-20/h2-14H,15-18H2,1H3. The molecular formula is C26H24ClN3O3S. The molecule has 0 aliphatic carbocycles. The number of rotatable bonds is 5. The molecule has 1 saturated heterocycles. The Morgan fingerprint density at radius 2 is 1.44 bits per heavy atom. The summed E-state index contributed by atoms with van der Waals surface area (Å²) in [6.07, 6.45) is 0. The van der Waals surface area contributed by atoms with Gasteiger partial charge in [0.1, 0.15) is 0 Å². The molecule has 1 aromatic heterocycles. The average Bonchev–Trinajstić information content (AvgIpc) is 3.31. The number of anilines is 2. The summed E-state index contributed by atoms with van der Waals surface area (Å²) in [7, 11) is -3.90. The fourth-order valence-corrected chi connectivity index (χ4v) is 5.60. The Hall–Kier alpha value is -3.29. The maximum atomic E-state index is 13.6. The Morgan fingerprint density at radius 1 is 0.824 bits per heavy atom. The topological polar surface area (TPSA) is 66.7 Å². The highest BCUT2D eigenvalue weighted by atomic mass is 35.5. The molecule has 2 heterocycles. The van der Waals surface area contributed by atoms with E-state index < -0.39 is 9.84 Å². The summed E-state index contributed by atoms with van der Waals surface area (Å²) in [6, 6.07) is 24.1. The van der Waals surface area contributed by atoms with Gasteiger partial charge in [0.2, 0.25) is 26.6 Å². The third-order valence-corrected chi connectivity index (χ3v) is 7.96. The number of para-hydroxylation sites is 1. The molecule has 5 rings (SSSR count). The molecule has 4 aromatic rings. The summed E-state index contributed by atoms with van der Waals surface area (Å²) < 4.78 is 33.4. The zero-order valence-corrected chi connectivity index (χ0v) is 20.3. The Morgan fingerprint density at radius 3 is 2.12 bits per heavy atom. The van der Waals surface area contributed by atoms with Crippen LogP contribution in [0.15, 0.2) is 93.2 Å². The molecule has 0 amide bonds. The zero-order chi connectivity index (χ0) is 23.7. The fraction of sp³-hybridized carbons (Fsp3) is 0.192. The van der Waals surface area contributed by atoms with Gasteiger partial charge in [0.25, 0.3) is 0 Å². The smallest absolute Gasteiger partial charge is 0.236 e. The number of hydrogen-bond donors (Lipinski definition) is 0. The second-order valence-corrected chi connectivity index (χ2v) is 10.5. The quantitative estimate of drug-likeness (QED) is 0.367. The van der Waals surface area contributed by atoms with Crippen molar-refractivity contribution in [2.75, 3.05) is 36.0 Å². The van der Waals surface area contributed by atoms with Crippen LogP contribution in [0.2, 0.25) is 5.02 Å². The lowest BCUT2D eigenvalue weighted by Gasteiger charge is -2.36. The number of aryl methyl sites for hydroxylation is 1. The van der Waals surface area contributed by atoms with Crippen molar-refractivity contribution in [1.29, 1.82) is 0 Å². The van der Waals surface area contributed by atoms with Crippen molar-refractivity contribution in [2.45, 2.75) is 16.8 Å². The minimum absolute atomic E-state index is 0.0839. The zero-order valence-electron chi connectivity index (χ0n) is 18.7. The molecule has 1 aliphatic rings. The van der Waals surface area contributed by atoms with Crippen LogP contribution in [0.5, 0.6) is 0 Å². The van der Waals surface area contributed by atoms with Crippen LogP contribution in [0, 0.1) is 6.92 Å². The first-order valence-electron chi connectivity index (χ1n) is 11.1. The molecule has 34 heavy (non-hydrogen) atoms. The van der Waals surface area contributed by atoms with Crippen molar-refractivity contribution < 1.29 is 12.8 Å². The van der Waals surface area contributed by atoms with E-state index in [1.165, 1.54) is 0 Å². The number of oxazole rings is 1. The van der Waals surface area contributed by atoms with Crippen LogP contribution in [0.25, 0.3) is 11.5 Å². The number of benzene rings is 3. The number of piperazine rings is 1. The molecule has 0 saturated carbocycles. The van der Waals surface area contributed by atoms with E-state index in [4.69, 9.17) is 16.0 Å². The lowest BCUT2D eigenvalue weighted by molar-refractivity contribution is 0.525. The summed E-state index contributed by atoms with van der Waals surface area (Å²) in [4.78, 5) is 8.88. The van der Waals surface area contributed by atoms with Gasteiger partial charge >= 0.3 is 0 Å². The molecule has 6 nitrogen and oxygen atoms in total. The van der Waals surface area contributed by atoms with E-state index in [2.05, 4.69) is 22.0 Å². The van der Waals surface area contributed by atoms with E-state index in [0.29, 0.717) is 23.7 Å². The Kier molecular flexibility index (Phi) is 6.06. The van der Waals surface area contributed by atoms with Crippen LogP contribution in [-0.2, 0) is 9.84 Å². The molecule has 0 N–H and O–H groups in total. The molecule has 1 fully saturated rings. The van der Waals surface area contributed by atoms with E-state index in [0.717, 1.165) is 24.3 Å². The molecule has 1 aliphatic heterocycles. The first-order valence-corrected chi connectivity index (χ1v) is 12.9. The normalized spacial score (nSPS) is 14.4. The van der Waals surface area contributed by atoms with Crippen LogP contribution in [0.1, 0.15) is 5.56 Å². The second-order valence-electron chi connectivity index (χ2n) is 8.24. The fourth-order valence-electron chi connectivity index (χ4n) is 4.06. The van der Waals surface area contributed by atoms with Gasteiger partial charge in [0, 0.05) is 31.9 Å². The first kappa shape index (κ1) is 22.5. The Labute approximate surface area is 204 Å². The molecule has 0 bridgehead atoms. The van der Waals surface area contributed by atoms with Crippen molar-refractivity contribution in [3.8, 4) is 11.5 Å². The highest BCUT2D eigenvalue weighted by Crippen LogP contribution is 2.37. The molecule has 0 radical (unpaired) electrons. The predicted octanol–water partition coefficient (Wildman–Crippen LogP) is 5.46. The summed E-state index contributed by atoms with van der Waals surface area (Å²) >= 11 is 6.37. The van der Waals surface area contributed by atoms with Gasteiger partial charge in [0.15, 0.2) is 0 Å². The summed E-state index contributed by atoms with van der Waals surface area (Å²) in [5.74, 6) is 0.444. The third kappa shape index (κ3) is 4.29. The molecule has 0 unspecified atom stereocenters. The average molecular weight is 494 g/mol. The second kappa shape index (κ2) is 9.16. The number of nitrogens with zero attached hydrogens (tertiary/aromatic N) is 3. The van der Waals surface area contributed by atoms with Crippen LogP contribution >= 0.6 is 11.6 Å². The molecule has 174 valence electrons. The SMILES string of the molecule is Cc1ccc(S(=O)(=O)c2nc(-c3ccccc3Cl)oc2N2CCN(c3ccccc3)CC2)cc1. The molecular weight excluding hydrogens is 470 g/mol. The Bertz CT molecular complexity index is 1390. The van der Waals surface area contributed by atoms with Gasteiger partial charge < -0.3 is 14.2 Å². The molecule has 3 aromatic carbocycles. The number of aromatic nitrogens is 1. The van der Waals surface area contributed by atoms with Gasteiger partial charge in [-0.2, -0.15) is 4.98 Å². The van der Waals surface area contributed by atoms with E-state index in [9.17, 15) is 8.42 Å². The number of halogens is 1. The highest BCUT2D eigenvalue weighted by Gasteiger charge is 2.33. The minimum Gasteiger partial charge on any atom is -0.419 e. The highest BCUT2D eigenvalue weighted by molar-refractivity contribution is 7.91. The molecule has 0 spiro atoms. The van der Waals surface area contributed by atoms with Gasteiger partial charge in [0.05, 0.1) is 15.5 Å². The van der Waals surface area contributed by atoms with Gasteiger partial charge in [-0.3, -0.25) is 0 Å². The van der Waals surface area contributed by atoms with Crippen molar-refractivity contribution >= 4 is 33.0 Å². The van der Waals surface area contributed by atoms with Crippen molar-refractivity contribution in [3.05, 3.63) is 89.4 Å². The van der Waals surface area contributed by atoms with E-state index >= 15 is 0 Å². The van der Waals surface area contributed by atoms with Crippen molar-refractivity contribution in [1.82, 2.24) is 4.98 Å².